The van der Waals surface area contributed by atoms with Crippen molar-refractivity contribution in [2.45, 2.75) is 63.0 Å². The van der Waals surface area contributed by atoms with Crippen molar-refractivity contribution in [1.29, 1.82) is 0 Å². The minimum absolute atomic E-state index is 0.0663. The van der Waals surface area contributed by atoms with E-state index in [2.05, 4.69) is 46.9 Å². The first-order valence-electron chi connectivity index (χ1n) is 8.87. The molecule has 0 spiro atoms. The summed E-state index contributed by atoms with van der Waals surface area (Å²) in [6, 6.07) is 15.2. The summed E-state index contributed by atoms with van der Waals surface area (Å²) in [5.41, 5.74) is 1.25. The van der Waals surface area contributed by atoms with Crippen LogP contribution in [0.1, 0.15) is 58.4 Å². The SMILES string of the molecule is CC(C)(C)[S+]([O-])/N=C/C1(c2ccc3ccccc3c2)CCCCC1. The minimum atomic E-state index is -1.20. The fourth-order valence-corrected chi connectivity index (χ4v) is 4.09. The highest BCUT2D eigenvalue weighted by atomic mass is 32.2. The number of nitrogens with zero attached hydrogens (tertiary/aromatic N) is 1. The van der Waals surface area contributed by atoms with Crippen LogP contribution in [0, 0.1) is 0 Å². The van der Waals surface area contributed by atoms with Crippen molar-refractivity contribution in [3.05, 3.63) is 48.0 Å². The molecule has 3 rings (SSSR count). The van der Waals surface area contributed by atoms with E-state index < -0.39 is 11.4 Å². The van der Waals surface area contributed by atoms with Crippen molar-refractivity contribution in [2.75, 3.05) is 0 Å². The maximum atomic E-state index is 12.4. The van der Waals surface area contributed by atoms with Gasteiger partial charge in [-0.2, -0.15) is 0 Å². The summed E-state index contributed by atoms with van der Waals surface area (Å²) in [7, 11) is 0. The Hall–Kier alpha value is -1.32. The zero-order valence-corrected chi connectivity index (χ0v) is 15.7. The first-order valence-corrected chi connectivity index (χ1v) is 9.98. The molecule has 0 radical (unpaired) electrons. The molecule has 1 fully saturated rings. The second-order valence-corrected chi connectivity index (χ2v) is 9.81. The fraction of sp³-hybridized carbons (Fsp3) is 0.476. The van der Waals surface area contributed by atoms with Crippen LogP contribution in [0.3, 0.4) is 0 Å². The van der Waals surface area contributed by atoms with Crippen LogP contribution < -0.4 is 0 Å². The molecule has 24 heavy (non-hydrogen) atoms. The van der Waals surface area contributed by atoms with Crippen LogP contribution in [0.15, 0.2) is 46.9 Å². The Kier molecular flexibility index (Phi) is 5.03. The van der Waals surface area contributed by atoms with Crippen LogP contribution in [0.2, 0.25) is 0 Å². The van der Waals surface area contributed by atoms with Crippen LogP contribution in [0.4, 0.5) is 0 Å². The van der Waals surface area contributed by atoms with E-state index in [1.165, 1.54) is 35.6 Å². The van der Waals surface area contributed by atoms with E-state index in [1.54, 1.807) is 0 Å². The Morgan fingerprint density at radius 1 is 1.00 bits per heavy atom. The summed E-state index contributed by atoms with van der Waals surface area (Å²) in [6.45, 7) is 5.93. The quantitative estimate of drug-likeness (QED) is 0.530. The first kappa shape index (κ1) is 17.5. The van der Waals surface area contributed by atoms with Crippen molar-refractivity contribution in [3.8, 4) is 0 Å². The standard InChI is InChI=1S/C21H27NOS/c1-20(2,3)24(23)22-16-21(13-7-4-8-14-21)19-12-11-17-9-5-6-10-18(17)15-19/h5-6,9-12,15-16H,4,7-8,13-14H2,1-3H3/b22-16+. The van der Waals surface area contributed by atoms with E-state index in [-0.39, 0.29) is 10.2 Å². The third kappa shape index (κ3) is 3.68. The van der Waals surface area contributed by atoms with Gasteiger partial charge in [-0.3, -0.25) is 0 Å². The predicted octanol–water partition coefficient (Wildman–Crippen LogP) is 5.57. The lowest BCUT2D eigenvalue weighted by molar-refractivity contribution is 0.387. The summed E-state index contributed by atoms with van der Waals surface area (Å²) in [4.78, 5) is 0. The molecule has 0 N–H and O–H groups in total. The van der Waals surface area contributed by atoms with E-state index in [0.717, 1.165) is 12.8 Å². The Bertz CT molecular complexity index is 726. The second-order valence-electron chi connectivity index (χ2n) is 7.87. The third-order valence-corrected chi connectivity index (χ3v) is 6.33. The van der Waals surface area contributed by atoms with Gasteiger partial charge >= 0.3 is 0 Å². The Morgan fingerprint density at radius 3 is 2.33 bits per heavy atom. The summed E-state index contributed by atoms with van der Waals surface area (Å²) >= 11 is -1.20. The smallest absolute Gasteiger partial charge is 0.144 e. The van der Waals surface area contributed by atoms with Crippen molar-refractivity contribution >= 4 is 28.3 Å². The number of hydrogen-bond donors (Lipinski definition) is 0. The zero-order chi connectivity index (χ0) is 17.2. The lowest BCUT2D eigenvalue weighted by atomic mass is 9.70. The maximum absolute atomic E-state index is 12.4. The summed E-state index contributed by atoms with van der Waals surface area (Å²) in [5, 5.41) is 2.53. The zero-order valence-electron chi connectivity index (χ0n) is 14.9. The molecule has 0 amide bonds. The topological polar surface area (TPSA) is 35.4 Å². The van der Waals surface area contributed by atoms with Crippen LogP contribution in [0.25, 0.3) is 10.8 Å². The van der Waals surface area contributed by atoms with E-state index in [0.29, 0.717) is 0 Å². The van der Waals surface area contributed by atoms with Gasteiger partial charge in [0.15, 0.2) is 0 Å². The Labute approximate surface area is 148 Å². The number of rotatable bonds is 3. The molecule has 0 aliphatic heterocycles. The number of benzene rings is 2. The summed E-state index contributed by atoms with van der Waals surface area (Å²) in [6.07, 6.45) is 7.90. The van der Waals surface area contributed by atoms with Crippen LogP contribution in [-0.4, -0.2) is 15.5 Å². The van der Waals surface area contributed by atoms with E-state index in [9.17, 15) is 4.55 Å². The molecule has 1 aliphatic carbocycles. The maximum Gasteiger partial charge on any atom is 0.144 e. The van der Waals surface area contributed by atoms with Crippen molar-refractivity contribution in [2.24, 2.45) is 4.40 Å². The van der Waals surface area contributed by atoms with Gasteiger partial charge in [-0.1, -0.05) is 66.1 Å². The molecule has 1 atom stereocenters. The molecule has 0 aromatic heterocycles. The van der Waals surface area contributed by atoms with Gasteiger partial charge in [-0.15, -0.1) is 0 Å². The van der Waals surface area contributed by atoms with Crippen LogP contribution >= 0.6 is 0 Å². The summed E-state index contributed by atoms with van der Waals surface area (Å²) in [5.74, 6) is 0. The molecular formula is C21H27NOS. The number of hydrogen-bond acceptors (Lipinski definition) is 2. The second kappa shape index (κ2) is 6.89. The molecule has 3 heteroatoms. The van der Waals surface area contributed by atoms with Gasteiger partial charge in [0.25, 0.3) is 0 Å². The van der Waals surface area contributed by atoms with E-state index >= 15 is 0 Å². The molecule has 0 saturated heterocycles. The molecule has 2 aromatic rings. The first-order chi connectivity index (χ1) is 11.4. The molecular weight excluding hydrogens is 314 g/mol. The highest BCUT2D eigenvalue weighted by Crippen LogP contribution is 2.39. The minimum Gasteiger partial charge on any atom is -0.591 e. The van der Waals surface area contributed by atoms with Gasteiger partial charge in [0.05, 0.1) is 6.21 Å². The largest absolute Gasteiger partial charge is 0.591 e. The molecule has 2 nitrogen and oxygen atoms in total. The van der Waals surface area contributed by atoms with Gasteiger partial charge < -0.3 is 4.55 Å². The van der Waals surface area contributed by atoms with Crippen LogP contribution in [-0.2, 0) is 16.8 Å². The van der Waals surface area contributed by atoms with Crippen molar-refractivity contribution in [1.82, 2.24) is 0 Å². The van der Waals surface area contributed by atoms with Gasteiger partial charge in [0.1, 0.15) is 16.1 Å². The van der Waals surface area contributed by atoms with E-state index in [1.807, 2.05) is 27.0 Å². The lowest BCUT2D eigenvalue weighted by Crippen LogP contribution is -2.33. The normalized spacial score (nSPS) is 19.7. The molecule has 1 saturated carbocycles. The Morgan fingerprint density at radius 2 is 1.67 bits per heavy atom. The molecule has 1 aliphatic rings. The predicted molar refractivity (Wildman–Crippen MR) is 105 cm³/mol. The molecule has 1 unspecified atom stereocenters. The van der Waals surface area contributed by atoms with Crippen LogP contribution in [0.5, 0.6) is 0 Å². The average molecular weight is 342 g/mol. The molecule has 2 aromatic carbocycles. The fourth-order valence-electron chi connectivity index (χ4n) is 3.48. The molecule has 0 bridgehead atoms. The lowest BCUT2D eigenvalue weighted by Gasteiger charge is -2.34. The van der Waals surface area contributed by atoms with E-state index in [4.69, 9.17) is 0 Å². The third-order valence-electron chi connectivity index (χ3n) is 4.99. The monoisotopic (exact) mass is 341 g/mol. The summed E-state index contributed by atoms with van der Waals surface area (Å²) < 4.78 is 16.6. The van der Waals surface area contributed by atoms with Crippen molar-refractivity contribution < 1.29 is 4.55 Å². The average Bonchev–Trinajstić information content (AvgIpc) is 2.59. The Balaban J connectivity index is 1.99. The van der Waals surface area contributed by atoms with Gasteiger partial charge in [0, 0.05) is 5.41 Å². The van der Waals surface area contributed by atoms with Gasteiger partial charge in [-0.25, -0.2) is 0 Å². The highest BCUT2D eigenvalue weighted by molar-refractivity contribution is 7.91. The number of fused-ring (bicyclic) bond motifs is 1. The molecule has 128 valence electrons. The van der Waals surface area contributed by atoms with Gasteiger partial charge in [-0.05, 0) is 49.9 Å². The molecule has 0 heterocycles. The highest BCUT2D eigenvalue weighted by Gasteiger charge is 2.35. The van der Waals surface area contributed by atoms with Crippen molar-refractivity contribution in [3.63, 3.8) is 0 Å². The van der Waals surface area contributed by atoms with Gasteiger partial charge in [0.2, 0.25) is 0 Å².